The number of rotatable bonds is 32. The zero-order valence-corrected chi connectivity index (χ0v) is 29.9. The minimum atomic E-state index is -0.0774. The fourth-order valence-corrected chi connectivity index (χ4v) is 6.28. The molecule has 0 aromatic rings. The number of unbranched alkanes of at least 4 members (excludes halogenated alkanes) is 18. The van der Waals surface area contributed by atoms with Crippen LogP contribution in [0.25, 0.3) is 0 Å². The van der Waals surface area contributed by atoms with Gasteiger partial charge in [0.25, 0.3) is 0 Å². The first kappa shape index (κ1) is 40.9. The van der Waals surface area contributed by atoms with E-state index in [4.69, 9.17) is 4.74 Å². The number of allylic oxidation sites excluding steroid dienone is 8. The second kappa shape index (κ2) is 31.8. The van der Waals surface area contributed by atoms with Gasteiger partial charge in [-0.25, -0.2) is 0 Å². The van der Waals surface area contributed by atoms with Gasteiger partial charge in [-0.3, -0.25) is 5.32 Å². The summed E-state index contributed by atoms with van der Waals surface area (Å²) in [6.45, 7) is 6.39. The van der Waals surface area contributed by atoms with Crippen molar-refractivity contribution in [2.45, 2.75) is 193 Å². The van der Waals surface area contributed by atoms with Crippen LogP contribution >= 0.6 is 0 Å². The van der Waals surface area contributed by atoms with Crippen molar-refractivity contribution < 1.29 is 4.74 Å². The van der Waals surface area contributed by atoms with Gasteiger partial charge in [0.2, 0.25) is 0 Å². The molecule has 3 heteroatoms. The predicted octanol–water partition coefficient (Wildman–Crippen LogP) is 12.3. The molecule has 0 aromatic heterocycles. The molecule has 1 rings (SSSR count). The Kier molecular flexibility index (Phi) is 29.5. The smallest absolute Gasteiger partial charge is 0.119 e. The zero-order valence-electron chi connectivity index (χ0n) is 29.9. The summed E-state index contributed by atoms with van der Waals surface area (Å²) >= 11 is 0. The zero-order chi connectivity index (χ0) is 31.7. The number of hydrogen-bond acceptors (Lipinski definition) is 3. The molecule has 1 aliphatic rings. The van der Waals surface area contributed by atoms with Gasteiger partial charge in [0.15, 0.2) is 0 Å². The summed E-state index contributed by atoms with van der Waals surface area (Å²) in [5.74, 6) is 0. The Morgan fingerprint density at radius 3 is 1.34 bits per heavy atom. The highest BCUT2D eigenvalue weighted by Crippen LogP contribution is 2.29. The third-order valence-corrected chi connectivity index (χ3v) is 9.04. The largest absolute Gasteiger partial charge is 0.359 e. The van der Waals surface area contributed by atoms with E-state index < -0.39 is 0 Å². The van der Waals surface area contributed by atoms with Gasteiger partial charge < -0.3 is 10.1 Å². The molecule has 0 aromatic carbocycles. The van der Waals surface area contributed by atoms with Crippen molar-refractivity contribution in [3.05, 3.63) is 48.6 Å². The third-order valence-electron chi connectivity index (χ3n) is 9.04. The van der Waals surface area contributed by atoms with E-state index in [-0.39, 0.29) is 5.72 Å². The molecule has 256 valence electrons. The van der Waals surface area contributed by atoms with E-state index >= 15 is 0 Å². The fraction of sp³-hybridized carbons (Fsp3) is 0.805. The van der Waals surface area contributed by atoms with E-state index in [1.807, 2.05) is 7.05 Å². The Labute approximate surface area is 276 Å². The summed E-state index contributed by atoms with van der Waals surface area (Å²) in [5, 5.41) is 7.24. The molecular weight excluding hydrogens is 536 g/mol. The van der Waals surface area contributed by atoms with Gasteiger partial charge in [-0.05, 0) is 96.9 Å². The van der Waals surface area contributed by atoms with Crippen LogP contribution in [0.4, 0.5) is 0 Å². The van der Waals surface area contributed by atoms with Crippen LogP contribution in [0.2, 0.25) is 0 Å². The summed E-state index contributed by atoms with van der Waals surface area (Å²) in [7, 11) is 2.05. The molecule has 1 fully saturated rings. The first-order valence-electron chi connectivity index (χ1n) is 19.4. The maximum Gasteiger partial charge on any atom is 0.119 e. The Morgan fingerprint density at radius 1 is 0.545 bits per heavy atom. The van der Waals surface area contributed by atoms with E-state index in [0.29, 0.717) is 6.04 Å². The minimum Gasteiger partial charge on any atom is -0.359 e. The molecule has 3 nitrogen and oxygen atoms in total. The molecule has 44 heavy (non-hydrogen) atoms. The summed E-state index contributed by atoms with van der Waals surface area (Å²) in [5.41, 5.74) is -0.0774. The molecule has 0 amide bonds. The van der Waals surface area contributed by atoms with Crippen LogP contribution < -0.4 is 10.6 Å². The van der Waals surface area contributed by atoms with Gasteiger partial charge in [-0.15, -0.1) is 0 Å². The average Bonchev–Trinajstić information content (AvgIpc) is 3.43. The molecule has 0 spiro atoms. The van der Waals surface area contributed by atoms with Gasteiger partial charge in [0.05, 0.1) is 6.61 Å². The van der Waals surface area contributed by atoms with Crippen LogP contribution in [0.3, 0.4) is 0 Å². The molecule has 1 atom stereocenters. The first-order chi connectivity index (χ1) is 21.8. The Balaban J connectivity index is 2.08. The molecule has 2 N–H and O–H groups in total. The highest BCUT2D eigenvalue weighted by molar-refractivity contribution is 4.94. The monoisotopic (exact) mass is 613 g/mol. The van der Waals surface area contributed by atoms with Crippen LogP contribution in [-0.2, 0) is 4.74 Å². The fourth-order valence-electron chi connectivity index (χ4n) is 6.28. The molecule has 0 bridgehead atoms. The summed E-state index contributed by atoms with van der Waals surface area (Å²) < 4.78 is 6.48. The second-order valence-corrected chi connectivity index (χ2v) is 13.4. The van der Waals surface area contributed by atoms with Crippen LogP contribution in [0.5, 0.6) is 0 Å². The summed E-state index contributed by atoms with van der Waals surface area (Å²) in [4.78, 5) is 0. The van der Waals surface area contributed by atoms with Gasteiger partial charge >= 0.3 is 0 Å². The maximum absolute atomic E-state index is 6.48. The first-order valence-corrected chi connectivity index (χ1v) is 19.4. The lowest BCUT2D eigenvalue weighted by molar-refractivity contribution is -0.0276. The van der Waals surface area contributed by atoms with Crippen molar-refractivity contribution in [2.75, 3.05) is 20.2 Å². The third kappa shape index (κ3) is 25.1. The SMILES string of the molecule is CCCCC/C=C\C/C=C\CCCCCCCCC1(CCCCCCCC/C=C\C/C=C\CCCCC)N[C@@H](CNC)CO1. The molecule has 0 radical (unpaired) electrons. The molecule has 1 heterocycles. The van der Waals surface area contributed by atoms with E-state index in [1.54, 1.807) is 0 Å². The number of likely N-dealkylation sites (N-methyl/N-ethyl adjacent to an activating group) is 1. The molecule has 1 saturated heterocycles. The average molecular weight is 613 g/mol. The van der Waals surface area contributed by atoms with Gasteiger partial charge in [-0.2, -0.15) is 0 Å². The highest BCUT2D eigenvalue weighted by Gasteiger charge is 2.38. The van der Waals surface area contributed by atoms with Crippen LogP contribution in [0.15, 0.2) is 48.6 Å². The lowest BCUT2D eigenvalue weighted by Gasteiger charge is -2.30. The van der Waals surface area contributed by atoms with Crippen molar-refractivity contribution in [3.63, 3.8) is 0 Å². The Hall–Kier alpha value is -1.16. The highest BCUT2D eigenvalue weighted by atomic mass is 16.5. The predicted molar refractivity (Wildman–Crippen MR) is 197 cm³/mol. The topological polar surface area (TPSA) is 33.3 Å². The summed E-state index contributed by atoms with van der Waals surface area (Å²) in [6, 6.07) is 0.453. The van der Waals surface area contributed by atoms with Gasteiger partial charge in [0, 0.05) is 12.6 Å². The van der Waals surface area contributed by atoms with Crippen molar-refractivity contribution in [3.8, 4) is 0 Å². The van der Waals surface area contributed by atoms with Gasteiger partial charge in [-0.1, -0.05) is 140 Å². The van der Waals surface area contributed by atoms with E-state index in [0.717, 1.165) is 26.0 Å². The quantitative estimate of drug-likeness (QED) is 0.0585. The van der Waals surface area contributed by atoms with Crippen LogP contribution in [0.1, 0.15) is 181 Å². The van der Waals surface area contributed by atoms with Crippen molar-refractivity contribution in [1.29, 1.82) is 0 Å². The van der Waals surface area contributed by atoms with Crippen LogP contribution in [-0.4, -0.2) is 32.0 Å². The molecule has 1 aliphatic heterocycles. The van der Waals surface area contributed by atoms with E-state index in [1.165, 1.54) is 154 Å². The number of ether oxygens (including phenoxy) is 1. The molecule has 0 saturated carbocycles. The van der Waals surface area contributed by atoms with Gasteiger partial charge in [0.1, 0.15) is 5.72 Å². The Morgan fingerprint density at radius 2 is 0.932 bits per heavy atom. The second-order valence-electron chi connectivity index (χ2n) is 13.4. The normalized spacial score (nSPS) is 17.0. The standard InChI is InChI=1S/C41H76N2O/c1-4-6-8-10-12-14-16-18-20-22-24-26-28-30-32-34-36-41(43-40(38-42-3)39-44-41)37-35-33-31-29-27-25-23-21-19-17-15-13-11-9-7-5-2/h12-15,18-21,40,42-43H,4-11,16-17,22-39H2,1-3H3/b14-12-,15-13-,20-18-,21-19-/t40-/m0/s1. The number of nitrogens with one attached hydrogen (secondary N) is 2. The van der Waals surface area contributed by atoms with E-state index in [9.17, 15) is 0 Å². The van der Waals surface area contributed by atoms with E-state index in [2.05, 4.69) is 73.1 Å². The molecule has 0 aliphatic carbocycles. The molecule has 0 unspecified atom stereocenters. The van der Waals surface area contributed by atoms with Crippen molar-refractivity contribution >= 4 is 0 Å². The summed E-state index contributed by atoms with van der Waals surface area (Å²) in [6.07, 6.45) is 52.6. The lowest BCUT2D eigenvalue weighted by atomic mass is 9.96. The molecular formula is C41H76N2O. The van der Waals surface area contributed by atoms with Crippen molar-refractivity contribution in [2.24, 2.45) is 0 Å². The maximum atomic E-state index is 6.48. The minimum absolute atomic E-state index is 0.0774. The van der Waals surface area contributed by atoms with Crippen molar-refractivity contribution in [1.82, 2.24) is 10.6 Å². The van der Waals surface area contributed by atoms with Crippen LogP contribution in [0, 0.1) is 0 Å². The number of hydrogen-bond donors (Lipinski definition) is 2. The lowest BCUT2D eigenvalue weighted by Crippen LogP contribution is -2.46. The Bertz CT molecular complexity index is 661.